The Bertz CT molecular complexity index is 1670. The van der Waals surface area contributed by atoms with E-state index in [1.807, 2.05) is 38.6 Å². The lowest BCUT2D eigenvalue weighted by Crippen LogP contribution is -2.34. The lowest BCUT2D eigenvalue weighted by molar-refractivity contribution is -0.150. The van der Waals surface area contributed by atoms with Crippen LogP contribution in [0.2, 0.25) is 0 Å². The first kappa shape index (κ1) is 38.4. The molecule has 3 amide bonds. The van der Waals surface area contributed by atoms with Crippen LogP contribution in [0.4, 0.5) is 21.9 Å². The molecule has 2 fully saturated rings. The summed E-state index contributed by atoms with van der Waals surface area (Å²) in [5.74, 6) is -1.10. The Morgan fingerprint density at radius 3 is 2.55 bits per heavy atom. The van der Waals surface area contributed by atoms with Crippen LogP contribution in [0.15, 0.2) is 53.6 Å². The zero-order valence-electron chi connectivity index (χ0n) is 29.6. The number of urea groups is 1. The van der Waals surface area contributed by atoms with Gasteiger partial charge in [0.15, 0.2) is 0 Å². The standard InChI is InChI=1S/C38H49BrN4O7S/c1-22(15-16-31(38(3,4)39)50-32(47)14-6-5-11-25-21-27-35(51-25)42-37(49)40-27)9-7-10-23(2)17-18-43-28-19-24(44)20-30(46)34(28)41-33-26(36(43)48)12-8-13-29(33)45/h8-9,12-13,17,19-20,25,27,31,35,41,44-46H,5-7,10-11,14-16,18,21H2,1-4H3,(H2,40,42,49). The van der Waals surface area contributed by atoms with E-state index in [1.54, 1.807) is 12.1 Å². The van der Waals surface area contributed by atoms with E-state index in [1.165, 1.54) is 28.7 Å². The Hall–Kier alpha value is -3.84. The van der Waals surface area contributed by atoms with Gasteiger partial charge < -0.3 is 40.9 Å². The third-order valence-electron chi connectivity index (χ3n) is 9.60. The number of nitrogens with zero attached hydrogens (tertiary/aromatic N) is 1. The zero-order chi connectivity index (χ0) is 36.9. The van der Waals surface area contributed by atoms with Crippen LogP contribution in [0.5, 0.6) is 17.2 Å². The number of esters is 1. The number of fused-ring (bicyclic) bond motifs is 3. The molecule has 11 nitrogen and oxygen atoms in total. The predicted octanol–water partition coefficient (Wildman–Crippen LogP) is 8.12. The first-order valence-corrected chi connectivity index (χ1v) is 19.3. The Morgan fingerprint density at radius 1 is 1.04 bits per heavy atom. The fraction of sp³-hybridized carbons (Fsp3) is 0.500. The number of amides is 3. The molecule has 0 saturated carbocycles. The maximum atomic E-state index is 13.6. The molecule has 2 saturated heterocycles. The van der Waals surface area contributed by atoms with Crippen molar-refractivity contribution in [2.24, 2.45) is 0 Å². The van der Waals surface area contributed by atoms with Crippen molar-refractivity contribution in [2.45, 2.75) is 113 Å². The van der Waals surface area contributed by atoms with Crippen LogP contribution in [-0.4, -0.2) is 66.9 Å². The van der Waals surface area contributed by atoms with Gasteiger partial charge in [0.2, 0.25) is 0 Å². The molecule has 0 aromatic heterocycles. The van der Waals surface area contributed by atoms with Crippen LogP contribution in [0, 0.1) is 0 Å². The zero-order valence-corrected chi connectivity index (χ0v) is 32.0. The monoisotopic (exact) mass is 784 g/mol. The van der Waals surface area contributed by atoms with Crippen molar-refractivity contribution < 1.29 is 34.4 Å². The maximum Gasteiger partial charge on any atom is 0.316 e. The minimum atomic E-state index is -0.373. The second-order valence-electron chi connectivity index (χ2n) is 14.2. The first-order valence-electron chi connectivity index (χ1n) is 17.6. The molecule has 5 rings (SSSR count). The van der Waals surface area contributed by atoms with E-state index in [9.17, 15) is 29.7 Å². The van der Waals surface area contributed by atoms with Crippen molar-refractivity contribution in [3.05, 3.63) is 59.2 Å². The van der Waals surface area contributed by atoms with E-state index in [0.717, 1.165) is 50.5 Å². The SMILES string of the molecule is CC(=CCN1C(=O)c2cccc(O)c2Nc2c(O)cc(O)cc21)CCC=C(C)CCC(OC(=O)CCCCC1CC2NC(=O)NC2S1)C(C)(C)Br. The van der Waals surface area contributed by atoms with Crippen LogP contribution in [0.3, 0.4) is 0 Å². The molecule has 0 bridgehead atoms. The summed E-state index contributed by atoms with van der Waals surface area (Å²) in [6.07, 6.45) is 11.0. The van der Waals surface area contributed by atoms with Crippen molar-refractivity contribution in [3.8, 4) is 17.2 Å². The minimum Gasteiger partial charge on any atom is -0.508 e. The van der Waals surface area contributed by atoms with E-state index < -0.39 is 0 Å². The number of aromatic hydroxyl groups is 3. The van der Waals surface area contributed by atoms with E-state index >= 15 is 0 Å². The highest BCUT2D eigenvalue weighted by atomic mass is 79.9. The summed E-state index contributed by atoms with van der Waals surface area (Å²) in [6.45, 7) is 8.33. The first-order chi connectivity index (χ1) is 24.2. The molecule has 3 aliphatic rings. The van der Waals surface area contributed by atoms with Crippen LogP contribution in [-0.2, 0) is 9.53 Å². The number of para-hydroxylation sites is 1. The van der Waals surface area contributed by atoms with Gasteiger partial charge in [0.1, 0.15) is 29.0 Å². The van der Waals surface area contributed by atoms with Gasteiger partial charge in [-0.3, -0.25) is 9.59 Å². The van der Waals surface area contributed by atoms with Crippen molar-refractivity contribution in [1.29, 1.82) is 0 Å². The fourth-order valence-corrected chi connectivity index (χ4v) is 8.57. The van der Waals surface area contributed by atoms with Gasteiger partial charge in [-0.2, -0.15) is 0 Å². The maximum absolute atomic E-state index is 13.6. The Morgan fingerprint density at radius 2 is 1.80 bits per heavy atom. The molecule has 0 aliphatic carbocycles. The smallest absolute Gasteiger partial charge is 0.316 e. The fourth-order valence-electron chi connectivity index (χ4n) is 6.67. The highest BCUT2D eigenvalue weighted by Crippen LogP contribution is 2.46. The number of benzene rings is 2. The Kier molecular flexibility index (Phi) is 12.5. The molecule has 276 valence electrons. The summed E-state index contributed by atoms with van der Waals surface area (Å²) >= 11 is 5.54. The quantitative estimate of drug-likeness (QED) is 0.0262. The van der Waals surface area contributed by atoms with Gasteiger partial charge in [-0.05, 0) is 84.8 Å². The van der Waals surface area contributed by atoms with Gasteiger partial charge in [0.05, 0.1) is 32.7 Å². The van der Waals surface area contributed by atoms with Crippen molar-refractivity contribution in [1.82, 2.24) is 10.6 Å². The average Bonchev–Trinajstić information content (AvgIpc) is 3.55. The number of alkyl halides is 1. The average molecular weight is 786 g/mol. The van der Waals surface area contributed by atoms with Gasteiger partial charge in [0.25, 0.3) is 5.91 Å². The summed E-state index contributed by atoms with van der Waals surface area (Å²) < 4.78 is 5.59. The summed E-state index contributed by atoms with van der Waals surface area (Å²) in [6, 6.07) is 7.39. The molecule has 3 heterocycles. The highest BCUT2D eigenvalue weighted by Gasteiger charge is 2.41. The van der Waals surface area contributed by atoms with Crippen LogP contribution in [0.1, 0.15) is 95.8 Å². The molecule has 0 spiro atoms. The van der Waals surface area contributed by atoms with Gasteiger partial charge in [-0.25, -0.2) is 4.79 Å². The topological polar surface area (TPSA) is 160 Å². The van der Waals surface area contributed by atoms with Crippen molar-refractivity contribution in [2.75, 3.05) is 16.8 Å². The third-order valence-corrected chi connectivity index (χ3v) is 11.7. The van der Waals surface area contributed by atoms with Crippen molar-refractivity contribution in [3.63, 3.8) is 0 Å². The lowest BCUT2D eigenvalue weighted by atomic mass is 9.98. The number of phenols is 3. The molecule has 2 aromatic rings. The Labute approximate surface area is 312 Å². The number of ether oxygens (including phenoxy) is 1. The highest BCUT2D eigenvalue weighted by molar-refractivity contribution is 9.10. The van der Waals surface area contributed by atoms with Crippen LogP contribution >= 0.6 is 27.7 Å². The molecule has 6 N–H and O–H groups in total. The second-order valence-corrected chi connectivity index (χ2v) is 17.7. The molecule has 51 heavy (non-hydrogen) atoms. The number of allylic oxidation sites excluding steroid dienone is 3. The summed E-state index contributed by atoms with van der Waals surface area (Å²) in [7, 11) is 0. The number of halogens is 1. The number of thioether (sulfide) groups is 1. The summed E-state index contributed by atoms with van der Waals surface area (Å²) in [4.78, 5) is 39.3. The number of carbonyl (C=O) groups is 3. The van der Waals surface area contributed by atoms with Gasteiger partial charge in [-0.15, -0.1) is 11.8 Å². The summed E-state index contributed by atoms with van der Waals surface area (Å²) in [5, 5.41) is 40.8. The molecule has 4 atom stereocenters. The number of carbonyl (C=O) groups excluding carboxylic acids is 3. The van der Waals surface area contributed by atoms with Crippen LogP contribution in [0.25, 0.3) is 0 Å². The predicted molar refractivity (Wildman–Crippen MR) is 205 cm³/mol. The number of hydrogen-bond donors (Lipinski definition) is 6. The number of rotatable bonds is 15. The number of phenolic OH excluding ortho intramolecular Hbond substituents is 3. The molecule has 3 aliphatic heterocycles. The lowest BCUT2D eigenvalue weighted by Gasteiger charge is -2.29. The van der Waals surface area contributed by atoms with Crippen LogP contribution < -0.4 is 20.9 Å². The molecule has 2 aromatic carbocycles. The van der Waals surface area contributed by atoms with E-state index in [0.29, 0.717) is 23.8 Å². The molecule has 13 heteroatoms. The molecule has 4 unspecified atom stereocenters. The van der Waals surface area contributed by atoms with E-state index in [-0.39, 0.29) is 80.5 Å². The summed E-state index contributed by atoms with van der Waals surface area (Å²) in [5.41, 5.74) is 3.24. The van der Waals surface area contributed by atoms with Gasteiger partial charge >= 0.3 is 12.0 Å². The van der Waals surface area contributed by atoms with Crippen molar-refractivity contribution >= 4 is 62.7 Å². The Balaban J connectivity index is 1.08. The number of hydrogen-bond acceptors (Lipinski definition) is 9. The van der Waals surface area contributed by atoms with E-state index in [4.69, 9.17) is 4.74 Å². The van der Waals surface area contributed by atoms with Gasteiger partial charge in [-0.1, -0.05) is 51.7 Å². The molecular weight excluding hydrogens is 736 g/mol. The molecule has 0 radical (unpaired) electrons. The van der Waals surface area contributed by atoms with Gasteiger partial charge in [0, 0.05) is 30.3 Å². The number of anilines is 3. The van der Waals surface area contributed by atoms with E-state index in [2.05, 4.69) is 44.9 Å². The molecular formula is C38H49BrN4O7S. The number of unbranched alkanes of at least 4 members (excludes halogenated alkanes) is 1. The largest absolute Gasteiger partial charge is 0.508 e. The third kappa shape index (κ3) is 9.94. The second kappa shape index (κ2) is 16.7. The normalized spacial score (nSPS) is 20.8. The minimum absolute atomic E-state index is 0.0802. The number of nitrogens with one attached hydrogen (secondary N) is 3.